The molecule has 0 amide bonds. The average Bonchev–Trinajstić information content (AvgIpc) is 3.58. The first-order valence-electron chi connectivity index (χ1n) is 11.5. The van der Waals surface area contributed by atoms with Gasteiger partial charge in [0.15, 0.2) is 5.78 Å². The molecule has 37 heavy (non-hydrogen) atoms. The Hall–Kier alpha value is -4.70. The zero-order chi connectivity index (χ0) is 25.9. The van der Waals surface area contributed by atoms with Crippen LogP contribution in [0.3, 0.4) is 0 Å². The third-order valence-electron chi connectivity index (χ3n) is 6.38. The molecule has 0 aliphatic carbocycles. The number of aryl methyl sites for hydroxylation is 2. The minimum Gasteiger partial charge on any atom is -0.383 e. The van der Waals surface area contributed by atoms with E-state index in [0.717, 1.165) is 22.4 Å². The van der Waals surface area contributed by atoms with Gasteiger partial charge in [0.2, 0.25) is 0 Å². The number of anilines is 1. The van der Waals surface area contributed by atoms with Gasteiger partial charge in [-0.25, -0.2) is 22.1 Å². The lowest BCUT2D eigenvalue weighted by molar-refractivity contribution is 0.103. The molecule has 0 atom stereocenters. The molecule has 0 bridgehead atoms. The second-order valence-corrected chi connectivity index (χ2v) is 10.7. The van der Waals surface area contributed by atoms with Crippen molar-refractivity contribution in [1.29, 1.82) is 0 Å². The van der Waals surface area contributed by atoms with Crippen molar-refractivity contribution < 1.29 is 13.2 Å². The Bertz CT molecular complexity index is 1950. The number of hydrogen-bond donors (Lipinski definition) is 2. The summed E-state index contributed by atoms with van der Waals surface area (Å²) in [5.41, 5.74) is 10.6. The molecule has 0 aliphatic heterocycles. The number of nitrogens with two attached hydrogens (primary N) is 1. The summed E-state index contributed by atoms with van der Waals surface area (Å²) in [4.78, 5) is 21.2. The topological polar surface area (TPSA) is 129 Å². The zero-order valence-corrected chi connectivity index (χ0v) is 20.8. The highest BCUT2D eigenvalue weighted by atomic mass is 32.2. The number of ketones is 1. The molecular weight excluding hydrogens is 488 g/mol. The Balaban J connectivity index is 1.39. The maximum absolute atomic E-state index is 13.5. The highest BCUT2D eigenvalue weighted by Crippen LogP contribution is 2.27. The van der Waals surface area contributed by atoms with Crippen LogP contribution in [0.15, 0.2) is 84.0 Å². The van der Waals surface area contributed by atoms with E-state index in [4.69, 9.17) is 5.73 Å². The Kier molecular flexibility index (Phi) is 5.02. The van der Waals surface area contributed by atoms with Crippen LogP contribution in [0.5, 0.6) is 0 Å². The van der Waals surface area contributed by atoms with Crippen molar-refractivity contribution in [3.8, 4) is 5.69 Å². The summed E-state index contributed by atoms with van der Waals surface area (Å²) in [6.07, 6.45) is 2.92. The number of aromatic amines is 1. The number of carbonyl (C=O) groups excluding carboxylic acids is 1. The van der Waals surface area contributed by atoms with Crippen LogP contribution in [0.1, 0.15) is 27.3 Å². The third-order valence-corrected chi connectivity index (χ3v) is 8.08. The number of fused-ring (bicyclic) bond motifs is 2. The normalized spacial score (nSPS) is 11.9. The molecule has 3 heterocycles. The van der Waals surface area contributed by atoms with Gasteiger partial charge in [-0.15, -0.1) is 0 Å². The summed E-state index contributed by atoms with van der Waals surface area (Å²) in [6, 6.07) is 18.8. The molecule has 6 aromatic rings. The molecule has 0 unspecified atom stereocenters. The molecule has 0 saturated heterocycles. The van der Waals surface area contributed by atoms with Crippen LogP contribution >= 0.6 is 0 Å². The van der Waals surface area contributed by atoms with E-state index < -0.39 is 10.0 Å². The van der Waals surface area contributed by atoms with Crippen LogP contribution in [0, 0.1) is 13.8 Å². The molecule has 0 fully saturated rings. The van der Waals surface area contributed by atoms with Crippen molar-refractivity contribution in [3.05, 3.63) is 102 Å². The zero-order valence-electron chi connectivity index (χ0n) is 20.0. The molecule has 184 valence electrons. The first kappa shape index (κ1) is 22.7. The first-order valence-corrected chi connectivity index (χ1v) is 12.9. The fraction of sp³-hybridized carbons (Fsp3) is 0.0741. The van der Waals surface area contributed by atoms with Crippen LogP contribution in [0.4, 0.5) is 5.82 Å². The van der Waals surface area contributed by atoms with E-state index in [1.165, 1.54) is 21.0 Å². The second kappa shape index (κ2) is 8.17. The van der Waals surface area contributed by atoms with E-state index in [0.29, 0.717) is 22.2 Å². The fourth-order valence-corrected chi connectivity index (χ4v) is 5.77. The Morgan fingerprint density at radius 2 is 1.76 bits per heavy atom. The quantitative estimate of drug-likeness (QED) is 0.331. The SMILES string of the molecule is Cc1ccc(S(=O)(=O)n2ccc3ccc(C(=O)c4cnn(-c5ccc6nc(C)[nH]c6c5)c4N)cc32)cc1. The van der Waals surface area contributed by atoms with Crippen molar-refractivity contribution in [2.45, 2.75) is 18.7 Å². The Labute approximate surface area is 212 Å². The molecule has 0 saturated carbocycles. The lowest BCUT2D eigenvalue weighted by Crippen LogP contribution is -2.12. The van der Waals surface area contributed by atoms with Crippen LogP contribution < -0.4 is 5.73 Å². The molecule has 9 nitrogen and oxygen atoms in total. The Morgan fingerprint density at radius 1 is 0.973 bits per heavy atom. The van der Waals surface area contributed by atoms with Gasteiger partial charge in [0.1, 0.15) is 11.6 Å². The van der Waals surface area contributed by atoms with E-state index in [1.54, 1.807) is 48.5 Å². The standard InChI is InChI=1S/C27H22N6O3S/c1-16-3-8-21(9-4-16)37(35,36)32-12-11-18-5-6-19(13-25(18)32)26(34)22-15-29-33(27(22)28)20-7-10-23-24(14-20)31-17(2)30-23/h3-15H,28H2,1-2H3,(H,30,31). The van der Waals surface area contributed by atoms with Crippen molar-refractivity contribution in [1.82, 2.24) is 23.7 Å². The Morgan fingerprint density at radius 3 is 2.54 bits per heavy atom. The number of nitrogens with one attached hydrogen (secondary N) is 1. The van der Waals surface area contributed by atoms with Crippen LogP contribution in [0.25, 0.3) is 27.6 Å². The summed E-state index contributed by atoms with van der Waals surface area (Å²) in [5, 5.41) is 5.03. The number of imidazole rings is 1. The third kappa shape index (κ3) is 3.69. The molecule has 0 spiro atoms. The predicted octanol–water partition coefficient (Wildman–Crippen LogP) is 4.37. The molecular formula is C27H22N6O3S. The largest absolute Gasteiger partial charge is 0.383 e. The number of benzene rings is 3. The van der Waals surface area contributed by atoms with Gasteiger partial charge in [-0.2, -0.15) is 5.10 Å². The summed E-state index contributed by atoms with van der Waals surface area (Å²) in [7, 11) is -3.85. The number of carbonyl (C=O) groups is 1. The molecule has 0 aliphatic rings. The maximum atomic E-state index is 13.5. The maximum Gasteiger partial charge on any atom is 0.268 e. The van der Waals surface area contributed by atoms with Crippen molar-refractivity contribution in [3.63, 3.8) is 0 Å². The number of rotatable bonds is 5. The lowest BCUT2D eigenvalue weighted by atomic mass is 10.0. The van der Waals surface area contributed by atoms with E-state index in [2.05, 4.69) is 15.1 Å². The van der Waals surface area contributed by atoms with Gasteiger partial charge in [0.05, 0.1) is 38.9 Å². The number of hydrogen-bond acceptors (Lipinski definition) is 6. The van der Waals surface area contributed by atoms with Gasteiger partial charge in [-0.1, -0.05) is 29.8 Å². The van der Waals surface area contributed by atoms with Gasteiger partial charge in [0, 0.05) is 17.1 Å². The second-order valence-electron chi connectivity index (χ2n) is 8.91. The van der Waals surface area contributed by atoms with Gasteiger partial charge in [0.25, 0.3) is 10.0 Å². The molecule has 3 N–H and O–H groups in total. The molecule has 10 heteroatoms. The van der Waals surface area contributed by atoms with Crippen molar-refractivity contribution >= 4 is 43.6 Å². The molecule has 0 radical (unpaired) electrons. The van der Waals surface area contributed by atoms with E-state index >= 15 is 0 Å². The first-order chi connectivity index (χ1) is 17.7. The van der Waals surface area contributed by atoms with Gasteiger partial charge in [-0.3, -0.25) is 4.79 Å². The average molecular weight is 511 g/mol. The van der Waals surface area contributed by atoms with Crippen LogP contribution in [-0.2, 0) is 10.0 Å². The number of nitrogen functional groups attached to an aromatic ring is 1. The molecule has 3 aromatic heterocycles. The number of aromatic nitrogens is 5. The number of nitrogens with zero attached hydrogens (tertiary/aromatic N) is 4. The van der Waals surface area contributed by atoms with E-state index in [9.17, 15) is 13.2 Å². The molecule has 6 rings (SSSR count). The summed E-state index contributed by atoms with van der Waals surface area (Å²) in [5.74, 6) is 0.619. The van der Waals surface area contributed by atoms with Gasteiger partial charge in [-0.05, 0) is 56.3 Å². The molecule has 3 aromatic carbocycles. The smallest absolute Gasteiger partial charge is 0.268 e. The van der Waals surface area contributed by atoms with Crippen LogP contribution in [0.2, 0.25) is 0 Å². The highest BCUT2D eigenvalue weighted by Gasteiger charge is 2.22. The minimum absolute atomic E-state index is 0.169. The number of H-pyrrole nitrogens is 1. The van der Waals surface area contributed by atoms with Crippen LogP contribution in [-0.4, -0.2) is 37.9 Å². The highest BCUT2D eigenvalue weighted by molar-refractivity contribution is 7.90. The lowest BCUT2D eigenvalue weighted by Gasteiger charge is -2.09. The monoisotopic (exact) mass is 510 g/mol. The van der Waals surface area contributed by atoms with Gasteiger partial charge >= 0.3 is 0 Å². The minimum atomic E-state index is -3.85. The fourth-order valence-electron chi connectivity index (χ4n) is 4.43. The summed E-state index contributed by atoms with van der Waals surface area (Å²) >= 11 is 0. The summed E-state index contributed by atoms with van der Waals surface area (Å²) in [6.45, 7) is 3.77. The van der Waals surface area contributed by atoms with E-state index in [-0.39, 0.29) is 22.1 Å². The van der Waals surface area contributed by atoms with Gasteiger partial charge < -0.3 is 10.7 Å². The predicted molar refractivity (Wildman–Crippen MR) is 141 cm³/mol. The van der Waals surface area contributed by atoms with E-state index in [1.807, 2.05) is 32.0 Å². The van der Waals surface area contributed by atoms with Crippen molar-refractivity contribution in [2.75, 3.05) is 5.73 Å². The van der Waals surface area contributed by atoms with Crippen molar-refractivity contribution in [2.24, 2.45) is 0 Å². The summed E-state index contributed by atoms with van der Waals surface area (Å²) < 4.78 is 29.3.